The quantitative estimate of drug-likeness (QED) is 0.326. The van der Waals surface area contributed by atoms with Crippen LogP contribution in [0.15, 0.2) is 76.5 Å². The topological polar surface area (TPSA) is 97.4 Å². The van der Waals surface area contributed by atoms with Gasteiger partial charge in [0.1, 0.15) is 5.75 Å². The van der Waals surface area contributed by atoms with Gasteiger partial charge in [-0.3, -0.25) is 9.52 Å². The van der Waals surface area contributed by atoms with Gasteiger partial charge in [-0.2, -0.15) is 0 Å². The molecule has 0 fully saturated rings. The van der Waals surface area contributed by atoms with E-state index in [0.29, 0.717) is 10.8 Å². The lowest BCUT2D eigenvalue weighted by Gasteiger charge is -2.09. The molecule has 33 heavy (non-hydrogen) atoms. The summed E-state index contributed by atoms with van der Waals surface area (Å²) in [5, 5.41) is 3.35. The number of aromatic nitrogens is 1. The Balaban J connectivity index is 1.32. The van der Waals surface area contributed by atoms with Crippen LogP contribution >= 0.6 is 23.1 Å². The van der Waals surface area contributed by atoms with E-state index >= 15 is 0 Å². The van der Waals surface area contributed by atoms with Crippen LogP contribution in [0.3, 0.4) is 0 Å². The van der Waals surface area contributed by atoms with Crippen LogP contribution in [0.25, 0.3) is 10.2 Å². The van der Waals surface area contributed by atoms with Gasteiger partial charge in [0.2, 0.25) is 5.91 Å². The summed E-state index contributed by atoms with van der Waals surface area (Å²) in [7, 11) is -2.05. The van der Waals surface area contributed by atoms with E-state index in [1.54, 1.807) is 55.6 Å². The summed E-state index contributed by atoms with van der Waals surface area (Å²) in [6.07, 6.45) is 0. The monoisotopic (exact) mass is 499 g/mol. The fourth-order valence-corrected chi connectivity index (χ4v) is 5.61. The third-order valence-corrected chi connectivity index (χ3v) is 7.99. The summed E-state index contributed by atoms with van der Waals surface area (Å²) in [6.45, 7) is 1.90. The number of thiazole rings is 1. The van der Waals surface area contributed by atoms with Crippen LogP contribution in [0.5, 0.6) is 5.75 Å². The number of carbonyl (C=O) groups excluding carboxylic acids is 1. The van der Waals surface area contributed by atoms with Crippen LogP contribution in [-0.4, -0.2) is 32.2 Å². The van der Waals surface area contributed by atoms with Crippen molar-refractivity contribution < 1.29 is 17.9 Å². The number of methoxy groups -OCH3 is 1. The molecule has 1 amide bonds. The first-order valence-electron chi connectivity index (χ1n) is 9.89. The highest BCUT2D eigenvalue weighted by molar-refractivity contribution is 8.00. The molecule has 0 aliphatic heterocycles. The number of rotatable bonds is 8. The SMILES string of the molecule is COc1ccc2nc(NC(=O)CSc3ccc(NS(=O)(=O)c4ccc(C)cc4)cc3)sc2c1. The van der Waals surface area contributed by atoms with Crippen molar-refractivity contribution in [3.63, 3.8) is 0 Å². The van der Waals surface area contributed by atoms with Gasteiger partial charge < -0.3 is 10.1 Å². The predicted octanol–water partition coefficient (Wildman–Crippen LogP) is 5.14. The van der Waals surface area contributed by atoms with Gasteiger partial charge in [-0.1, -0.05) is 29.0 Å². The lowest BCUT2D eigenvalue weighted by Crippen LogP contribution is -2.14. The second-order valence-corrected chi connectivity index (χ2v) is 10.9. The fraction of sp³-hybridized carbons (Fsp3) is 0.130. The first kappa shape index (κ1) is 23.1. The molecule has 4 rings (SSSR count). The third kappa shape index (κ3) is 5.84. The van der Waals surface area contributed by atoms with Gasteiger partial charge >= 0.3 is 0 Å². The number of thioether (sulfide) groups is 1. The van der Waals surface area contributed by atoms with E-state index < -0.39 is 10.0 Å². The number of sulfonamides is 1. The van der Waals surface area contributed by atoms with Crippen LogP contribution in [0.4, 0.5) is 10.8 Å². The second-order valence-electron chi connectivity index (χ2n) is 7.13. The minimum Gasteiger partial charge on any atom is -0.497 e. The molecule has 1 heterocycles. The van der Waals surface area contributed by atoms with Crippen molar-refractivity contribution in [1.29, 1.82) is 0 Å². The van der Waals surface area contributed by atoms with Crippen molar-refractivity contribution in [2.45, 2.75) is 16.7 Å². The molecule has 0 radical (unpaired) electrons. The normalized spacial score (nSPS) is 11.3. The number of nitrogens with zero attached hydrogens (tertiary/aromatic N) is 1. The van der Waals surface area contributed by atoms with E-state index in [9.17, 15) is 13.2 Å². The Hall–Kier alpha value is -3.08. The van der Waals surface area contributed by atoms with Crippen LogP contribution in [0.2, 0.25) is 0 Å². The Kier molecular flexibility index (Phi) is 6.87. The van der Waals surface area contributed by atoms with E-state index in [1.165, 1.54) is 23.1 Å². The summed E-state index contributed by atoms with van der Waals surface area (Å²) in [4.78, 5) is 17.8. The molecule has 170 valence electrons. The van der Waals surface area contributed by atoms with E-state index in [1.807, 2.05) is 25.1 Å². The van der Waals surface area contributed by atoms with Crippen molar-refractivity contribution in [3.05, 3.63) is 72.3 Å². The summed E-state index contributed by atoms with van der Waals surface area (Å²) in [5.41, 5.74) is 2.24. The van der Waals surface area contributed by atoms with Crippen molar-refractivity contribution in [3.8, 4) is 5.75 Å². The second kappa shape index (κ2) is 9.82. The molecule has 0 unspecified atom stereocenters. The first-order chi connectivity index (χ1) is 15.8. The molecule has 0 aliphatic rings. The minimum atomic E-state index is -3.65. The van der Waals surface area contributed by atoms with Gasteiger partial charge in [0, 0.05) is 10.6 Å². The molecule has 1 aromatic heterocycles. The number of benzene rings is 3. The minimum absolute atomic E-state index is 0.171. The highest BCUT2D eigenvalue weighted by atomic mass is 32.2. The smallest absolute Gasteiger partial charge is 0.261 e. The molecule has 2 N–H and O–H groups in total. The number of hydrogen-bond acceptors (Lipinski definition) is 7. The van der Waals surface area contributed by atoms with Crippen LogP contribution in [0, 0.1) is 6.92 Å². The summed E-state index contributed by atoms with van der Waals surface area (Å²) in [6, 6.07) is 19.1. The standard InChI is InChI=1S/C23H21N3O4S3/c1-15-3-10-19(11-4-15)33(28,29)26-16-5-8-18(9-6-16)31-14-22(27)25-23-24-20-12-7-17(30-2)13-21(20)32-23/h3-13,26H,14H2,1-2H3,(H,24,25,27). The molecule has 0 saturated carbocycles. The number of amides is 1. The lowest BCUT2D eigenvalue weighted by atomic mass is 10.2. The molecule has 0 saturated heterocycles. The predicted molar refractivity (Wildman–Crippen MR) is 134 cm³/mol. The summed E-state index contributed by atoms with van der Waals surface area (Å²) in [5.74, 6) is 0.771. The summed E-state index contributed by atoms with van der Waals surface area (Å²) >= 11 is 2.74. The number of carbonyl (C=O) groups is 1. The van der Waals surface area contributed by atoms with E-state index in [4.69, 9.17) is 4.74 Å². The molecule has 0 bridgehead atoms. The van der Waals surface area contributed by atoms with Gasteiger partial charge in [0.25, 0.3) is 10.0 Å². The zero-order valence-electron chi connectivity index (χ0n) is 17.9. The molecule has 0 atom stereocenters. The highest BCUT2D eigenvalue weighted by Crippen LogP contribution is 2.29. The Morgan fingerprint density at radius 3 is 2.48 bits per heavy atom. The number of aryl methyl sites for hydroxylation is 1. The van der Waals surface area contributed by atoms with Gasteiger partial charge in [-0.25, -0.2) is 13.4 Å². The molecule has 3 aromatic carbocycles. The van der Waals surface area contributed by atoms with Crippen molar-refractivity contribution in [1.82, 2.24) is 4.98 Å². The van der Waals surface area contributed by atoms with E-state index in [2.05, 4.69) is 15.0 Å². The van der Waals surface area contributed by atoms with Crippen LogP contribution in [-0.2, 0) is 14.8 Å². The maximum absolute atomic E-state index is 12.5. The maximum Gasteiger partial charge on any atom is 0.261 e. The Morgan fingerprint density at radius 1 is 1.06 bits per heavy atom. The number of hydrogen-bond donors (Lipinski definition) is 2. The lowest BCUT2D eigenvalue weighted by molar-refractivity contribution is -0.113. The maximum atomic E-state index is 12.5. The molecule has 10 heteroatoms. The van der Waals surface area contributed by atoms with Crippen LogP contribution in [0.1, 0.15) is 5.56 Å². The molecule has 7 nitrogen and oxygen atoms in total. The number of fused-ring (bicyclic) bond motifs is 1. The average molecular weight is 500 g/mol. The number of ether oxygens (including phenoxy) is 1. The van der Waals surface area contributed by atoms with Gasteiger partial charge in [-0.15, -0.1) is 11.8 Å². The Labute approximate surface area is 200 Å². The van der Waals surface area contributed by atoms with Crippen LogP contribution < -0.4 is 14.8 Å². The number of nitrogens with one attached hydrogen (secondary N) is 2. The average Bonchev–Trinajstić information content (AvgIpc) is 3.20. The largest absolute Gasteiger partial charge is 0.497 e. The van der Waals surface area contributed by atoms with Gasteiger partial charge in [0.05, 0.1) is 28.0 Å². The molecule has 0 spiro atoms. The zero-order chi connectivity index (χ0) is 23.4. The van der Waals surface area contributed by atoms with Crippen molar-refractivity contribution >= 4 is 60.1 Å². The molecular weight excluding hydrogens is 478 g/mol. The van der Waals surface area contributed by atoms with Crippen molar-refractivity contribution in [2.75, 3.05) is 22.9 Å². The fourth-order valence-electron chi connectivity index (χ4n) is 2.94. The molecular formula is C23H21N3O4S3. The third-order valence-electron chi connectivity index (χ3n) is 4.65. The highest BCUT2D eigenvalue weighted by Gasteiger charge is 2.14. The van der Waals surface area contributed by atoms with Gasteiger partial charge in [-0.05, 0) is 61.5 Å². The Bertz CT molecular complexity index is 1380. The molecule has 0 aliphatic carbocycles. The number of anilines is 2. The van der Waals surface area contributed by atoms with Gasteiger partial charge in [0.15, 0.2) is 5.13 Å². The molecule has 4 aromatic rings. The first-order valence-corrected chi connectivity index (χ1v) is 13.2. The summed E-state index contributed by atoms with van der Waals surface area (Å²) < 4.78 is 33.7. The Morgan fingerprint density at radius 2 is 1.79 bits per heavy atom. The van der Waals surface area contributed by atoms with E-state index in [0.717, 1.165) is 26.4 Å². The van der Waals surface area contributed by atoms with Crippen molar-refractivity contribution in [2.24, 2.45) is 0 Å². The zero-order valence-corrected chi connectivity index (χ0v) is 20.3. The van der Waals surface area contributed by atoms with E-state index in [-0.39, 0.29) is 16.6 Å².